The van der Waals surface area contributed by atoms with Gasteiger partial charge in [0.25, 0.3) is 5.91 Å². The number of nitrogens with one attached hydrogen (secondary N) is 2. The van der Waals surface area contributed by atoms with Crippen LogP contribution < -0.4 is 10.6 Å². The van der Waals surface area contributed by atoms with Crippen LogP contribution in [0.1, 0.15) is 10.5 Å². The van der Waals surface area contributed by atoms with Crippen LogP contribution >= 0.6 is 12.4 Å². The molecular formula is C15H18ClFN4O2. The van der Waals surface area contributed by atoms with E-state index in [9.17, 15) is 14.3 Å². The lowest BCUT2D eigenvalue weighted by atomic mass is 10.1. The number of β-amino-alcohol motifs (C(OH)–C–C–N with tert-alkyl or cyclic N) is 1. The van der Waals surface area contributed by atoms with Gasteiger partial charge in [0, 0.05) is 31.7 Å². The number of aromatic nitrogens is 2. The van der Waals surface area contributed by atoms with E-state index in [2.05, 4.69) is 15.7 Å². The van der Waals surface area contributed by atoms with Crippen molar-refractivity contribution in [1.82, 2.24) is 20.4 Å². The molecule has 0 aliphatic carbocycles. The van der Waals surface area contributed by atoms with Crippen LogP contribution in [0.25, 0.3) is 5.69 Å². The molecule has 3 rings (SSSR count). The highest BCUT2D eigenvalue weighted by Gasteiger charge is 2.25. The zero-order valence-corrected chi connectivity index (χ0v) is 13.1. The van der Waals surface area contributed by atoms with Crippen molar-refractivity contribution in [2.24, 2.45) is 5.92 Å². The van der Waals surface area contributed by atoms with Gasteiger partial charge in [-0.05, 0) is 30.3 Å². The summed E-state index contributed by atoms with van der Waals surface area (Å²) in [6, 6.07) is 7.45. The molecule has 2 unspecified atom stereocenters. The molecule has 0 saturated carbocycles. The molecule has 1 aliphatic heterocycles. The van der Waals surface area contributed by atoms with Crippen molar-refractivity contribution < 1.29 is 14.3 Å². The molecule has 1 aromatic heterocycles. The predicted octanol–water partition coefficient (Wildman–Crippen LogP) is 0.743. The zero-order valence-electron chi connectivity index (χ0n) is 12.3. The Labute approximate surface area is 139 Å². The average molecular weight is 341 g/mol. The fourth-order valence-electron chi connectivity index (χ4n) is 2.42. The third kappa shape index (κ3) is 4.07. The molecule has 1 fully saturated rings. The number of benzene rings is 1. The second kappa shape index (κ2) is 7.54. The Morgan fingerprint density at radius 1 is 1.35 bits per heavy atom. The molecule has 0 bridgehead atoms. The van der Waals surface area contributed by atoms with E-state index in [4.69, 9.17) is 0 Å². The minimum atomic E-state index is -0.433. The molecule has 1 saturated heterocycles. The summed E-state index contributed by atoms with van der Waals surface area (Å²) in [5.41, 5.74) is 0.959. The lowest BCUT2D eigenvalue weighted by Crippen LogP contribution is -2.34. The van der Waals surface area contributed by atoms with Gasteiger partial charge in [-0.25, -0.2) is 9.07 Å². The summed E-state index contributed by atoms with van der Waals surface area (Å²) in [5.74, 6) is -0.597. The number of aliphatic hydroxyl groups excluding tert-OH is 1. The summed E-state index contributed by atoms with van der Waals surface area (Å²) < 4.78 is 14.4. The fraction of sp³-hybridized carbons (Fsp3) is 0.333. The van der Waals surface area contributed by atoms with Gasteiger partial charge >= 0.3 is 0 Å². The molecule has 23 heavy (non-hydrogen) atoms. The molecule has 2 heterocycles. The van der Waals surface area contributed by atoms with E-state index in [0.717, 1.165) is 0 Å². The number of halogens is 2. The van der Waals surface area contributed by atoms with E-state index < -0.39 is 6.10 Å². The third-order valence-corrected chi connectivity index (χ3v) is 3.74. The predicted molar refractivity (Wildman–Crippen MR) is 85.5 cm³/mol. The monoisotopic (exact) mass is 340 g/mol. The van der Waals surface area contributed by atoms with Gasteiger partial charge in [-0.2, -0.15) is 5.10 Å². The minimum Gasteiger partial charge on any atom is -0.391 e. The maximum Gasteiger partial charge on any atom is 0.271 e. The lowest BCUT2D eigenvalue weighted by molar-refractivity contribution is 0.0921. The van der Waals surface area contributed by atoms with Crippen molar-refractivity contribution in [2.75, 3.05) is 19.6 Å². The Hall–Kier alpha value is -1.96. The van der Waals surface area contributed by atoms with Gasteiger partial charge < -0.3 is 15.7 Å². The van der Waals surface area contributed by atoms with Crippen LogP contribution in [0.4, 0.5) is 4.39 Å². The molecule has 0 radical (unpaired) electrons. The maximum atomic E-state index is 12.9. The largest absolute Gasteiger partial charge is 0.391 e. The first-order valence-electron chi connectivity index (χ1n) is 7.12. The fourth-order valence-corrected chi connectivity index (χ4v) is 2.42. The maximum absolute atomic E-state index is 12.9. The van der Waals surface area contributed by atoms with Crippen molar-refractivity contribution in [1.29, 1.82) is 0 Å². The normalized spacial score (nSPS) is 20.1. The number of rotatable bonds is 4. The number of nitrogens with zero attached hydrogens (tertiary/aromatic N) is 2. The van der Waals surface area contributed by atoms with Gasteiger partial charge in [0.1, 0.15) is 5.82 Å². The van der Waals surface area contributed by atoms with Crippen LogP contribution in [0.3, 0.4) is 0 Å². The molecule has 3 N–H and O–H groups in total. The summed E-state index contributed by atoms with van der Waals surface area (Å²) in [4.78, 5) is 12.1. The van der Waals surface area contributed by atoms with Gasteiger partial charge in [-0.3, -0.25) is 4.79 Å². The van der Waals surface area contributed by atoms with E-state index in [1.165, 1.54) is 16.8 Å². The van der Waals surface area contributed by atoms with Crippen molar-refractivity contribution >= 4 is 18.3 Å². The smallest absolute Gasteiger partial charge is 0.271 e. The van der Waals surface area contributed by atoms with Crippen LogP contribution in [0, 0.1) is 11.7 Å². The molecule has 6 nitrogen and oxygen atoms in total. The molecule has 1 aliphatic rings. The van der Waals surface area contributed by atoms with E-state index >= 15 is 0 Å². The first-order chi connectivity index (χ1) is 10.6. The molecular weight excluding hydrogens is 323 g/mol. The van der Waals surface area contributed by atoms with E-state index in [1.807, 2.05) is 0 Å². The number of hydrogen-bond donors (Lipinski definition) is 3. The summed E-state index contributed by atoms with van der Waals surface area (Å²) in [5, 5.41) is 19.7. The SMILES string of the molecule is Cl.O=C(NCC1CNCC1O)c1ccn(-c2ccc(F)cc2)n1. The van der Waals surface area contributed by atoms with Gasteiger partial charge in [0.15, 0.2) is 5.69 Å². The Kier molecular flexibility index (Phi) is 5.70. The zero-order chi connectivity index (χ0) is 15.5. The highest BCUT2D eigenvalue weighted by molar-refractivity contribution is 5.92. The van der Waals surface area contributed by atoms with Crippen molar-refractivity contribution in [2.45, 2.75) is 6.10 Å². The van der Waals surface area contributed by atoms with Crippen LogP contribution in [-0.2, 0) is 0 Å². The molecule has 2 aromatic rings. The van der Waals surface area contributed by atoms with Gasteiger partial charge in [0.2, 0.25) is 0 Å². The third-order valence-electron chi connectivity index (χ3n) is 3.74. The summed E-state index contributed by atoms with van der Waals surface area (Å²) in [6.45, 7) is 1.64. The van der Waals surface area contributed by atoms with Gasteiger partial charge in [-0.15, -0.1) is 12.4 Å². The van der Waals surface area contributed by atoms with E-state index in [-0.39, 0.29) is 35.7 Å². The topological polar surface area (TPSA) is 79.2 Å². The number of carbonyl (C=O) groups is 1. The molecule has 8 heteroatoms. The van der Waals surface area contributed by atoms with Crippen molar-refractivity contribution in [3.8, 4) is 5.69 Å². The molecule has 1 aromatic carbocycles. The molecule has 1 amide bonds. The number of carbonyl (C=O) groups excluding carboxylic acids is 1. The van der Waals surface area contributed by atoms with E-state index in [0.29, 0.717) is 25.3 Å². The van der Waals surface area contributed by atoms with Crippen molar-refractivity contribution in [3.63, 3.8) is 0 Å². The molecule has 0 spiro atoms. The first-order valence-corrected chi connectivity index (χ1v) is 7.12. The second-order valence-corrected chi connectivity index (χ2v) is 5.32. The summed E-state index contributed by atoms with van der Waals surface area (Å²) >= 11 is 0. The quantitative estimate of drug-likeness (QED) is 0.767. The Morgan fingerprint density at radius 3 is 2.74 bits per heavy atom. The highest BCUT2D eigenvalue weighted by Crippen LogP contribution is 2.10. The molecule has 2 atom stereocenters. The average Bonchev–Trinajstić information content (AvgIpc) is 3.15. The van der Waals surface area contributed by atoms with Crippen LogP contribution in [0.5, 0.6) is 0 Å². The van der Waals surface area contributed by atoms with Crippen LogP contribution in [0.2, 0.25) is 0 Å². The summed E-state index contributed by atoms with van der Waals surface area (Å²) in [6.07, 6.45) is 1.21. The minimum absolute atomic E-state index is 0. The Morgan fingerprint density at radius 2 is 2.09 bits per heavy atom. The lowest BCUT2D eigenvalue weighted by Gasteiger charge is -2.13. The number of hydrogen-bond acceptors (Lipinski definition) is 4. The van der Waals surface area contributed by atoms with Gasteiger partial charge in [0.05, 0.1) is 11.8 Å². The van der Waals surface area contributed by atoms with Crippen LogP contribution in [-0.4, -0.2) is 46.5 Å². The standard InChI is InChI=1S/C15H17FN4O2.ClH/c16-11-1-3-12(4-2-11)20-6-5-13(19-20)15(22)18-8-10-7-17-9-14(10)21;/h1-6,10,14,17,21H,7-9H2,(H,18,22);1H. The summed E-state index contributed by atoms with van der Waals surface area (Å²) in [7, 11) is 0. The van der Waals surface area contributed by atoms with E-state index in [1.54, 1.807) is 24.4 Å². The number of aliphatic hydroxyl groups is 1. The first kappa shape index (κ1) is 17.4. The van der Waals surface area contributed by atoms with Crippen molar-refractivity contribution in [3.05, 3.63) is 48.0 Å². The Balaban J connectivity index is 0.00000192. The molecule has 124 valence electrons. The van der Waals surface area contributed by atoms with Gasteiger partial charge in [-0.1, -0.05) is 0 Å². The number of amides is 1. The Bertz CT molecular complexity index is 662. The second-order valence-electron chi connectivity index (χ2n) is 5.32. The van der Waals surface area contributed by atoms with Crippen LogP contribution in [0.15, 0.2) is 36.5 Å². The highest BCUT2D eigenvalue weighted by atomic mass is 35.5.